The first-order valence-corrected chi connectivity index (χ1v) is 12.7. The minimum absolute atomic E-state index is 0.127. The maximum absolute atomic E-state index is 12.9. The first kappa shape index (κ1) is 24.7. The van der Waals surface area contributed by atoms with Gasteiger partial charge in [0.15, 0.2) is 11.6 Å². The molecule has 3 aromatic heterocycles. The predicted molar refractivity (Wildman–Crippen MR) is 145 cm³/mol. The molecule has 0 radical (unpaired) electrons. The zero-order valence-electron chi connectivity index (χ0n) is 21.0. The zero-order valence-corrected chi connectivity index (χ0v) is 21.8. The molecule has 0 bridgehead atoms. The molecule has 0 unspecified atom stereocenters. The third-order valence-corrected chi connectivity index (χ3v) is 6.42. The van der Waals surface area contributed by atoms with Crippen LogP contribution in [0, 0.1) is 6.92 Å². The van der Waals surface area contributed by atoms with Gasteiger partial charge >= 0.3 is 0 Å². The van der Waals surface area contributed by atoms with Gasteiger partial charge in [0.2, 0.25) is 0 Å². The quantitative estimate of drug-likeness (QED) is 0.272. The van der Waals surface area contributed by atoms with Gasteiger partial charge in [0.1, 0.15) is 11.0 Å². The van der Waals surface area contributed by atoms with Gasteiger partial charge in [-0.25, -0.2) is 14.6 Å². The van der Waals surface area contributed by atoms with Crippen LogP contribution in [-0.2, 0) is 6.54 Å². The number of hydrogen-bond acceptors (Lipinski definition) is 9. The molecule has 37 heavy (non-hydrogen) atoms. The predicted octanol–water partition coefficient (Wildman–Crippen LogP) is 4.06. The van der Waals surface area contributed by atoms with Crippen LogP contribution in [-0.4, -0.2) is 60.6 Å². The molecular weight excluding hydrogens is 486 g/mol. The topological polar surface area (TPSA) is 98.9 Å². The number of nitrogens with zero attached hydrogens (tertiary/aromatic N) is 7. The van der Waals surface area contributed by atoms with Gasteiger partial charge in [-0.2, -0.15) is 13.8 Å². The highest BCUT2D eigenvalue weighted by atomic mass is 32.1. The van der Waals surface area contributed by atoms with Gasteiger partial charge in [-0.05, 0) is 57.3 Å². The summed E-state index contributed by atoms with van der Waals surface area (Å²) in [6.07, 6.45) is 4.32. The van der Waals surface area contributed by atoms with Crippen LogP contribution in [0.2, 0.25) is 0 Å². The Morgan fingerprint density at radius 2 is 1.78 bits per heavy atom. The van der Waals surface area contributed by atoms with Gasteiger partial charge < -0.3 is 9.64 Å². The second kappa shape index (κ2) is 10.9. The molecule has 0 saturated carbocycles. The SMILES string of the molecule is Cc1cc(-c2ccc3nsnc3c2)nn(Cc2cccc(-c3ncc(OCCCN(C)C)cn3)c2)c1=O. The zero-order chi connectivity index (χ0) is 25.8. The summed E-state index contributed by atoms with van der Waals surface area (Å²) < 4.78 is 15.8. The lowest BCUT2D eigenvalue weighted by molar-refractivity contribution is 0.280. The third-order valence-electron chi connectivity index (χ3n) is 5.87. The molecule has 5 rings (SSSR count). The number of aromatic nitrogens is 6. The van der Waals surface area contributed by atoms with Gasteiger partial charge in [0.05, 0.1) is 43.0 Å². The summed E-state index contributed by atoms with van der Waals surface area (Å²) in [4.78, 5) is 24.0. The van der Waals surface area contributed by atoms with E-state index in [0.717, 1.165) is 40.7 Å². The Hall–Kier alpha value is -4.02. The van der Waals surface area contributed by atoms with Crippen LogP contribution in [0.15, 0.2) is 65.7 Å². The van der Waals surface area contributed by atoms with Crippen LogP contribution in [0.3, 0.4) is 0 Å². The molecule has 9 nitrogen and oxygen atoms in total. The normalized spacial score (nSPS) is 11.4. The minimum atomic E-state index is -0.127. The Labute approximate surface area is 218 Å². The number of fused-ring (bicyclic) bond motifs is 1. The molecule has 0 atom stereocenters. The maximum atomic E-state index is 12.9. The number of rotatable bonds is 9. The summed E-state index contributed by atoms with van der Waals surface area (Å²) in [6, 6.07) is 15.5. The van der Waals surface area contributed by atoms with E-state index >= 15 is 0 Å². The van der Waals surface area contributed by atoms with E-state index in [1.54, 1.807) is 19.3 Å². The van der Waals surface area contributed by atoms with E-state index in [1.807, 2.05) is 62.6 Å². The number of hydrogen-bond donors (Lipinski definition) is 0. The maximum Gasteiger partial charge on any atom is 0.270 e. The Bertz CT molecular complexity index is 1580. The number of ether oxygens (including phenoxy) is 1. The Kier molecular flexibility index (Phi) is 7.29. The fourth-order valence-corrected chi connectivity index (χ4v) is 4.47. The molecule has 5 aromatic rings. The molecule has 0 spiro atoms. The number of benzene rings is 2. The van der Waals surface area contributed by atoms with Gasteiger partial charge in [-0.3, -0.25) is 4.79 Å². The van der Waals surface area contributed by atoms with E-state index in [0.29, 0.717) is 36.0 Å². The van der Waals surface area contributed by atoms with Crippen molar-refractivity contribution in [2.75, 3.05) is 27.2 Å². The molecule has 3 heterocycles. The average molecular weight is 514 g/mol. The first-order chi connectivity index (χ1) is 18.0. The summed E-state index contributed by atoms with van der Waals surface area (Å²) >= 11 is 1.18. The molecule has 188 valence electrons. The average Bonchev–Trinajstić information content (AvgIpc) is 3.38. The van der Waals surface area contributed by atoms with Crippen molar-refractivity contribution in [1.29, 1.82) is 0 Å². The van der Waals surface area contributed by atoms with Crippen LogP contribution in [0.1, 0.15) is 17.5 Å². The van der Waals surface area contributed by atoms with Crippen molar-refractivity contribution >= 4 is 22.8 Å². The van der Waals surface area contributed by atoms with Crippen LogP contribution in [0.25, 0.3) is 33.7 Å². The van der Waals surface area contributed by atoms with Gasteiger partial charge in [0.25, 0.3) is 5.56 Å². The smallest absolute Gasteiger partial charge is 0.270 e. The molecule has 0 amide bonds. The highest BCUT2D eigenvalue weighted by molar-refractivity contribution is 7.00. The van der Waals surface area contributed by atoms with Gasteiger partial charge in [-0.15, -0.1) is 0 Å². The van der Waals surface area contributed by atoms with E-state index in [-0.39, 0.29) is 5.56 Å². The van der Waals surface area contributed by atoms with E-state index in [4.69, 9.17) is 4.74 Å². The van der Waals surface area contributed by atoms with E-state index in [1.165, 1.54) is 16.4 Å². The largest absolute Gasteiger partial charge is 0.490 e. The summed E-state index contributed by atoms with van der Waals surface area (Å²) in [5, 5.41) is 4.66. The third kappa shape index (κ3) is 5.87. The van der Waals surface area contributed by atoms with Crippen LogP contribution < -0.4 is 10.3 Å². The van der Waals surface area contributed by atoms with Crippen molar-refractivity contribution in [3.63, 3.8) is 0 Å². The summed E-state index contributed by atoms with van der Waals surface area (Å²) in [6.45, 7) is 3.71. The van der Waals surface area contributed by atoms with Gasteiger partial charge in [-0.1, -0.05) is 24.3 Å². The molecule has 0 aliphatic carbocycles. The monoisotopic (exact) mass is 513 g/mol. The fraction of sp³-hybridized carbons (Fsp3) is 0.259. The van der Waals surface area contributed by atoms with E-state index < -0.39 is 0 Å². The molecule has 10 heteroatoms. The lowest BCUT2D eigenvalue weighted by Crippen LogP contribution is -2.25. The molecule has 0 saturated heterocycles. The summed E-state index contributed by atoms with van der Waals surface area (Å²) in [5.74, 6) is 1.24. The molecule has 0 N–H and O–H groups in total. The van der Waals surface area contributed by atoms with Crippen molar-refractivity contribution in [2.45, 2.75) is 19.9 Å². The van der Waals surface area contributed by atoms with Crippen molar-refractivity contribution in [3.8, 4) is 28.4 Å². The van der Waals surface area contributed by atoms with Crippen molar-refractivity contribution in [2.24, 2.45) is 0 Å². The van der Waals surface area contributed by atoms with Crippen LogP contribution >= 0.6 is 11.7 Å². The molecule has 0 fully saturated rings. The second-order valence-electron chi connectivity index (χ2n) is 9.09. The van der Waals surface area contributed by atoms with E-state index in [9.17, 15) is 4.79 Å². The molecule has 2 aromatic carbocycles. The standard InChI is InChI=1S/C27H27N7O2S/c1-18-12-24(20-8-9-23-25(14-20)32-37-31-23)30-34(27(18)35)17-19-6-4-7-21(13-19)26-28-15-22(16-29-26)36-11-5-10-33(2)3/h4,6-9,12-16H,5,10-11,17H2,1-3H3. The van der Waals surface area contributed by atoms with Crippen molar-refractivity contribution in [1.82, 2.24) is 33.4 Å². The van der Waals surface area contributed by atoms with Crippen molar-refractivity contribution < 1.29 is 4.74 Å². The molecular formula is C27H27N7O2S. The summed E-state index contributed by atoms with van der Waals surface area (Å²) in [5.41, 5.74) is 5.56. The number of aryl methyl sites for hydroxylation is 1. The highest BCUT2D eigenvalue weighted by Crippen LogP contribution is 2.23. The Balaban J connectivity index is 1.34. The lowest BCUT2D eigenvalue weighted by Gasteiger charge is -2.11. The Morgan fingerprint density at radius 1 is 0.973 bits per heavy atom. The van der Waals surface area contributed by atoms with Crippen LogP contribution in [0.5, 0.6) is 5.75 Å². The van der Waals surface area contributed by atoms with Crippen LogP contribution in [0.4, 0.5) is 0 Å². The van der Waals surface area contributed by atoms with Crippen molar-refractivity contribution in [3.05, 3.63) is 82.4 Å². The Morgan fingerprint density at radius 3 is 2.59 bits per heavy atom. The summed E-state index contributed by atoms with van der Waals surface area (Å²) in [7, 11) is 4.08. The lowest BCUT2D eigenvalue weighted by atomic mass is 10.1. The van der Waals surface area contributed by atoms with Gasteiger partial charge in [0, 0.05) is 23.2 Å². The first-order valence-electron chi connectivity index (χ1n) is 12.0. The molecule has 0 aliphatic rings. The second-order valence-corrected chi connectivity index (χ2v) is 9.62. The highest BCUT2D eigenvalue weighted by Gasteiger charge is 2.11. The fourth-order valence-electron chi connectivity index (χ4n) is 3.96. The van der Waals surface area contributed by atoms with E-state index in [2.05, 4.69) is 28.7 Å². The minimum Gasteiger partial charge on any atom is -0.490 e. The molecule has 0 aliphatic heterocycles.